The predicted octanol–water partition coefficient (Wildman–Crippen LogP) is 0.893. The highest BCUT2D eigenvalue weighted by Gasteiger charge is 2.49. The van der Waals surface area contributed by atoms with E-state index in [1.54, 1.807) is 0 Å². The highest BCUT2D eigenvalue weighted by atomic mass is 16.6. The van der Waals surface area contributed by atoms with Crippen LogP contribution in [-0.2, 0) is 14.3 Å². The van der Waals surface area contributed by atoms with Gasteiger partial charge in [0.05, 0.1) is 6.10 Å². The lowest BCUT2D eigenvalue weighted by Gasteiger charge is -2.04. The Kier molecular flexibility index (Phi) is 2.00. The van der Waals surface area contributed by atoms with Gasteiger partial charge in [-0.2, -0.15) is 0 Å². The molecular weight excluding hydrogens is 144 g/mol. The van der Waals surface area contributed by atoms with Gasteiger partial charge in [0.25, 0.3) is 0 Å². The molecule has 1 fully saturated rings. The van der Waals surface area contributed by atoms with Crippen LogP contribution in [0.2, 0.25) is 0 Å². The van der Waals surface area contributed by atoms with Crippen molar-refractivity contribution in [3.63, 3.8) is 0 Å². The average molecular weight is 156 g/mol. The summed E-state index contributed by atoms with van der Waals surface area (Å²) >= 11 is 0. The van der Waals surface area contributed by atoms with Gasteiger partial charge in [0, 0.05) is 6.08 Å². The van der Waals surface area contributed by atoms with Gasteiger partial charge in [0.1, 0.15) is 12.2 Å². The summed E-state index contributed by atoms with van der Waals surface area (Å²) in [6.07, 6.45) is 1.34. The first-order valence-electron chi connectivity index (χ1n) is 3.55. The van der Waals surface area contributed by atoms with Gasteiger partial charge in [-0.25, -0.2) is 4.79 Å². The van der Waals surface area contributed by atoms with Crippen molar-refractivity contribution in [2.75, 3.05) is 6.61 Å². The molecule has 0 aromatic carbocycles. The van der Waals surface area contributed by atoms with E-state index in [0.717, 1.165) is 6.08 Å². The maximum atomic E-state index is 10.6. The van der Waals surface area contributed by atoms with Crippen LogP contribution in [0.4, 0.5) is 0 Å². The number of hydrogen-bond donors (Lipinski definition) is 0. The van der Waals surface area contributed by atoms with E-state index in [0.29, 0.717) is 6.61 Å². The number of carbonyl (C=O) groups is 1. The molecule has 3 heteroatoms. The summed E-state index contributed by atoms with van der Waals surface area (Å²) in [7, 11) is 0. The van der Waals surface area contributed by atoms with E-state index in [1.165, 1.54) is 0 Å². The van der Waals surface area contributed by atoms with Crippen LogP contribution in [0, 0.1) is 0 Å². The fourth-order valence-electron chi connectivity index (χ4n) is 0.795. The summed E-state index contributed by atoms with van der Waals surface area (Å²) in [6, 6.07) is 0. The number of ether oxygens (including phenoxy) is 2. The average Bonchev–Trinajstić information content (AvgIpc) is 2.56. The second-order valence-electron chi connectivity index (χ2n) is 2.88. The molecule has 1 aliphatic heterocycles. The van der Waals surface area contributed by atoms with Crippen molar-refractivity contribution in [1.82, 2.24) is 0 Å². The molecule has 0 radical (unpaired) electrons. The van der Waals surface area contributed by atoms with Crippen molar-refractivity contribution in [1.29, 1.82) is 0 Å². The van der Waals surface area contributed by atoms with Crippen molar-refractivity contribution in [3.8, 4) is 0 Å². The monoisotopic (exact) mass is 156 g/mol. The highest BCUT2D eigenvalue weighted by molar-refractivity contribution is 5.81. The molecule has 11 heavy (non-hydrogen) atoms. The molecule has 62 valence electrons. The van der Waals surface area contributed by atoms with E-state index >= 15 is 0 Å². The minimum Gasteiger partial charge on any atom is -0.459 e. The quantitative estimate of drug-likeness (QED) is 0.346. The van der Waals surface area contributed by atoms with E-state index in [9.17, 15) is 4.79 Å². The zero-order valence-corrected chi connectivity index (χ0v) is 6.79. The van der Waals surface area contributed by atoms with Gasteiger partial charge in [-0.15, -0.1) is 0 Å². The maximum Gasteiger partial charge on any atom is 0.330 e. The van der Waals surface area contributed by atoms with Crippen molar-refractivity contribution < 1.29 is 14.3 Å². The van der Waals surface area contributed by atoms with Crippen LogP contribution in [0.5, 0.6) is 0 Å². The van der Waals surface area contributed by atoms with Crippen LogP contribution in [-0.4, -0.2) is 24.3 Å². The molecule has 0 N–H and O–H groups in total. The fourth-order valence-corrected chi connectivity index (χ4v) is 0.795. The van der Waals surface area contributed by atoms with E-state index in [4.69, 9.17) is 9.47 Å². The van der Waals surface area contributed by atoms with Gasteiger partial charge in [-0.05, 0) is 13.8 Å². The minimum atomic E-state index is -0.395. The molecule has 1 aliphatic rings. The normalized spacial score (nSPS) is 34.5. The largest absolute Gasteiger partial charge is 0.459 e. The minimum absolute atomic E-state index is 0.195. The third-order valence-electron chi connectivity index (χ3n) is 1.92. The second-order valence-corrected chi connectivity index (χ2v) is 2.88. The first kappa shape index (κ1) is 8.27. The van der Waals surface area contributed by atoms with Gasteiger partial charge in [-0.1, -0.05) is 6.58 Å². The van der Waals surface area contributed by atoms with Crippen LogP contribution in [0.15, 0.2) is 12.7 Å². The number of hydrogen-bond acceptors (Lipinski definition) is 3. The molecule has 0 saturated carbocycles. The Morgan fingerprint density at radius 3 is 2.82 bits per heavy atom. The lowest BCUT2D eigenvalue weighted by atomic mass is 10.1. The first-order chi connectivity index (χ1) is 5.08. The standard InChI is InChI=1S/C8H12O3/c1-4-7(9)10-5-8(3)6(2)11-8/h4,6H,1,5H2,2-3H3. The molecule has 3 nitrogen and oxygen atoms in total. The number of esters is 1. The Morgan fingerprint density at radius 1 is 1.91 bits per heavy atom. The molecular formula is C8H12O3. The lowest BCUT2D eigenvalue weighted by Crippen LogP contribution is -2.19. The van der Waals surface area contributed by atoms with Crippen LogP contribution in [0.1, 0.15) is 13.8 Å². The summed E-state index contributed by atoms with van der Waals surface area (Å²) in [5.74, 6) is -0.395. The molecule has 0 spiro atoms. The third-order valence-corrected chi connectivity index (χ3v) is 1.92. The molecule has 1 saturated heterocycles. The molecule has 0 aromatic heterocycles. The SMILES string of the molecule is C=CC(=O)OCC1(C)OC1C. The molecule has 0 aromatic rings. The van der Waals surface area contributed by atoms with Crippen molar-refractivity contribution in [2.24, 2.45) is 0 Å². The van der Waals surface area contributed by atoms with E-state index in [2.05, 4.69) is 6.58 Å². The van der Waals surface area contributed by atoms with Gasteiger partial charge in [0.2, 0.25) is 0 Å². The summed E-state index contributed by atoms with van der Waals surface area (Å²) in [5, 5.41) is 0. The molecule has 0 amide bonds. The smallest absolute Gasteiger partial charge is 0.330 e. The fraction of sp³-hybridized carbons (Fsp3) is 0.625. The Balaban J connectivity index is 2.23. The predicted molar refractivity (Wildman–Crippen MR) is 40.1 cm³/mol. The maximum absolute atomic E-state index is 10.6. The molecule has 1 heterocycles. The number of rotatable bonds is 3. The van der Waals surface area contributed by atoms with Crippen LogP contribution in [0.25, 0.3) is 0 Å². The van der Waals surface area contributed by atoms with Gasteiger partial charge < -0.3 is 9.47 Å². The van der Waals surface area contributed by atoms with Crippen LogP contribution >= 0.6 is 0 Å². The molecule has 1 rings (SSSR count). The number of carbonyl (C=O) groups excluding carboxylic acids is 1. The van der Waals surface area contributed by atoms with E-state index in [1.807, 2.05) is 13.8 Å². The Hall–Kier alpha value is -0.830. The third kappa shape index (κ3) is 1.80. The summed E-state index contributed by atoms with van der Waals surface area (Å²) in [4.78, 5) is 10.6. The van der Waals surface area contributed by atoms with Crippen LogP contribution < -0.4 is 0 Å². The molecule has 2 atom stereocenters. The Labute approximate surface area is 66.0 Å². The van der Waals surface area contributed by atoms with Crippen LogP contribution in [0.3, 0.4) is 0 Å². The van der Waals surface area contributed by atoms with Crippen molar-refractivity contribution in [3.05, 3.63) is 12.7 Å². The number of epoxide rings is 1. The summed E-state index contributed by atoms with van der Waals surface area (Å²) in [5.41, 5.74) is -0.251. The summed E-state index contributed by atoms with van der Waals surface area (Å²) < 4.78 is 9.99. The van der Waals surface area contributed by atoms with Gasteiger partial charge in [-0.3, -0.25) is 0 Å². The van der Waals surface area contributed by atoms with Gasteiger partial charge in [0.15, 0.2) is 0 Å². The lowest BCUT2D eigenvalue weighted by molar-refractivity contribution is -0.139. The zero-order chi connectivity index (χ0) is 8.48. The van der Waals surface area contributed by atoms with Gasteiger partial charge >= 0.3 is 5.97 Å². The topological polar surface area (TPSA) is 38.8 Å². The highest BCUT2D eigenvalue weighted by Crippen LogP contribution is 2.35. The first-order valence-corrected chi connectivity index (χ1v) is 3.55. The van der Waals surface area contributed by atoms with Crippen molar-refractivity contribution >= 4 is 5.97 Å². The molecule has 0 aliphatic carbocycles. The molecule has 2 unspecified atom stereocenters. The molecule has 0 bridgehead atoms. The second kappa shape index (κ2) is 2.66. The van der Waals surface area contributed by atoms with E-state index in [-0.39, 0.29) is 11.7 Å². The van der Waals surface area contributed by atoms with E-state index < -0.39 is 5.97 Å². The Morgan fingerprint density at radius 2 is 2.45 bits per heavy atom. The summed E-state index contributed by atoms with van der Waals surface area (Å²) in [6.45, 7) is 7.46. The Bertz CT molecular complexity index is 188. The van der Waals surface area contributed by atoms with Crippen molar-refractivity contribution in [2.45, 2.75) is 25.6 Å². The zero-order valence-electron chi connectivity index (χ0n) is 6.79.